The summed E-state index contributed by atoms with van der Waals surface area (Å²) in [6.45, 7) is 2.10. The molecule has 1 aromatic rings. The van der Waals surface area contributed by atoms with E-state index in [9.17, 15) is 4.79 Å². The number of carbonyl (C=O) groups excluding carboxylic acids is 1. The van der Waals surface area contributed by atoms with Crippen LogP contribution in [0.5, 0.6) is 0 Å². The van der Waals surface area contributed by atoms with E-state index in [1.54, 1.807) is 29.6 Å². The van der Waals surface area contributed by atoms with Gasteiger partial charge in [-0.05, 0) is 30.9 Å². The van der Waals surface area contributed by atoms with Gasteiger partial charge in [-0.25, -0.2) is 0 Å². The van der Waals surface area contributed by atoms with Gasteiger partial charge in [-0.15, -0.1) is 11.8 Å². The maximum Gasteiger partial charge on any atom is 0.143 e. The second-order valence-corrected chi connectivity index (χ2v) is 5.23. The van der Waals surface area contributed by atoms with Gasteiger partial charge in [0, 0.05) is 14.7 Å². The van der Waals surface area contributed by atoms with Gasteiger partial charge >= 0.3 is 0 Å². The number of hydrogen-bond donors (Lipinski definition) is 0. The Morgan fingerprint density at radius 2 is 1.94 bits per heavy atom. The summed E-state index contributed by atoms with van der Waals surface area (Å²) >= 11 is 3.30. The Bertz CT molecular complexity index is 407. The molecule has 0 aromatic heterocycles. The Kier molecular flexibility index (Phi) is 6.82. The van der Waals surface area contributed by atoms with Crippen molar-refractivity contribution in [3.63, 3.8) is 0 Å². The molecule has 0 spiro atoms. The lowest BCUT2D eigenvalue weighted by Gasteiger charge is -2.08. The van der Waals surface area contributed by atoms with Crippen molar-refractivity contribution in [2.75, 3.05) is 6.26 Å². The molecule has 0 saturated carbocycles. The Morgan fingerprint density at radius 1 is 1.24 bits per heavy atom. The molecule has 0 radical (unpaired) electrons. The van der Waals surface area contributed by atoms with Gasteiger partial charge in [-0.2, -0.15) is 0 Å². The van der Waals surface area contributed by atoms with Gasteiger partial charge in [0.05, 0.1) is 0 Å². The molecule has 3 heteroatoms. The normalized spacial score (nSPS) is 12.6. The first-order chi connectivity index (χ1) is 8.31. The van der Waals surface area contributed by atoms with Gasteiger partial charge in [0.2, 0.25) is 0 Å². The van der Waals surface area contributed by atoms with E-state index in [2.05, 4.69) is 25.1 Å². The van der Waals surface area contributed by atoms with Crippen LogP contribution in [0.3, 0.4) is 0 Å². The fourth-order valence-corrected chi connectivity index (χ4v) is 3.12. The zero-order valence-corrected chi connectivity index (χ0v) is 11.7. The molecule has 0 N–H and O–H groups in total. The third-order valence-corrected chi connectivity index (χ3v) is 4.08. The van der Waals surface area contributed by atoms with Crippen LogP contribution in [0.2, 0.25) is 0 Å². The lowest BCUT2D eigenvalue weighted by atomic mass is 10.4. The Morgan fingerprint density at radius 3 is 2.47 bits per heavy atom. The maximum atomic E-state index is 10.6. The highest BCUT2D eigenvalue weighted by molar-refractivity contribution is 8.08. The topological polar surface area (TPSA) is 17.1 Å². The van der Waals surface area contributed by atoms with Crippen LogP contribution in [0.25, 0.3) is 0 Å². The number of thioether (sulfide) groups is 2. The van der Waals surface area contributed by atoms with E-state index in [0.29, 0.717) is 0 Å². The lowest BCUT2D eigenvalue weighted by molar-refractivity contribution is -0.104. The fourth-order valence-electron chi connectivity index (χ4n) is 1.31. The molecular weight excluding hydrogens is 248 g/mol. The van der Waals surface area contributed by atoms with E-state index in [4.69, 9.17) is 0 Å². The molecule has 17 heavy (non-hydrogen) atoms. The van der Waals surface area contributed by atoms with Crippen LogP contribution in [0.1, 0.15) is 13.3 Å². The summed E-state index contributed by atoms with van der Waals surface area (Å²) < 4.78 is 0. The quantitative estimate of drug-likeness (QED) is 0.325. The van der Waals surface area contributed by atoms with Crippen LogP contribution in [0, 0.1) is 0 Å². The van der Waals surface area contributed by atoms with Crippen molar-refractivity contribution in [1.29, 1.82) is 0 Å². The van der Waals surface area contributed by atoms with E-state index in [1.807, 2.05) is 24.5 Å². The highest BCUT2D eigenvalue weighted by Gasteiger charge is 2.05. The van der Waals surface area contributed by atoms with Crippen molar-refractivity contribution < 1.29 is 4.79 Å². The molecular formula is C14H16OS2. The number of rotatable bonds is 6. The van der Waals surface area contributed by atoms with Gasteiger partial charge < -0.3 is 0 Å². The summed E-state index contributed by atoms with van der Waals surface area (Å²) in [5.74, 6) is 0. The van der Waals surface area contributed by atoms with Crippen molar-refractivity contribution in [3.8, 4) is 0 Å². The van der Waals surface area contributed by atoms with Crippen molar-refractivity contribution in [2.45, 2.75) is 18.2 Å². The molecule has 0 unspecified atom stereocenters. The molecule has 0 amide bonds. The van der Waals surface area contributed by atoms with Crippen LogP contribution >= 0.6 is 23.5 Å². The third kappa shape index (κ3) is 4.84. The van der Waals surface area contributed by atoms with Crippen LogP contribution < -0.4 is 0 Å². The number of aldehydes is 1. The number of hydrogen-bond acceptors (Lipinski definition) is 3. The Labute approximate surface area is 111 Å². The third-order valence-electron chi connectivity index (χ3n) is 2.04. The van der Waals surface area contributed by atoms with Gasteiger partial charge in [-0.1, -0.05) is 43.0 Å². The smallest absolute Gasteiger partial charge is 0.143 e. The van der Waals surface area contributed by atoms with E-state index in [-0.39, 0.29) is 0 Å². The van der Waals surface area contributed by atoms with Crippen molar-refractivity contribution in [2.24, 2.45) is 0 Å². The average molecular weight is 264 g/mol. The molecule has 0 saturated heterocycles. The van der Waals surface area contributed by atoms with Crippen molar-refractivity contribution >= 4 is 29.8 Å². The zero-order valence-electron chi connectivity index (χ0n) is 10.1. The molecule has 0 fully saturated rings. The standard InChI is InChI=1S/C14H16OS2/c1-3-7-14(13(16-2)10-11-15)17-12-8-5-4-6-9-12/h4-11H,3H2,1-2H3/b13-10-,14-7-. The summed E-state index contributed by atoms with van der Waals surface area (Å²) in [5, 5.41) is 0. The highest BCUT2D eigenvalue weighted by Crippen LogP contribution is 2.36. The summed E-state index contributed by atoms with van der Waals surface area (Å²) in [6.07, 6.45) is 7.59. The predicted octanol–water partition coefficient (Wildman–Crippen LogP) is 4.52. The van der Waals surface area contributed by atoms with Crippen LogP contribution in [-0.2, 0) is 4.79 Å². The number of allylic oxidation sites excluding steroid dienone is 2. The number of carbonyl (C=O) groups is 1. The van der Waals surface area contributed by atoms with Gasteiger partial charge in [-0.3, -0.25) is 4.79 Å². The minimum atomic E-state index is 0.848. The largest absolute Gasteiger partial charge is 0.299 e. The molecule has 0 aliphatic heterocycles. The van der Waals surface area contributed by atoms with Crippen LogP contribution in [0.4, 0.5) is 0 Å². The first kappa shape index (κ1) is 14.1. The fraction of sp³-hybridized carbons (Fsp3) is 0.214. The molecule has 1 aromatic carbocycles. The molecule has 1 rings (SSSR count). The lowest BCUT2D eigenvalue weighted by Crippen LogP contribution is -1.83. The maximum absolute atomic E-state index is 10.6. The molecule has 0 aliphatic rings. The van der Waals surface area contributed by atoms with Crippen molar-refractivity contribution in [3.05, 3.63) is 52.3 Å². The monoisotopic (exact) mass is 264 g/mol. The minimum absolute atomic E-state index is 0.848. The van der Waals surface area contributed by atoms with E-state index < -0.39 is 0 Å². The summed E-state index contributed by atoms with van der Waals surface area (Å²) in [5.41, 5.74) is 0. The van der Waals surface area contributed by atoms with E-state index in [1.165, 1.54) is 4.90 Å². The molecule has 1 nitrogen and oxygen atoms in total. The Hall–Kier alpha value is -0.930. The van der Waals surface area contributed by atoms with E-state index >= 15 is 0 Å². The summed E-state index contributed by atoms with van der Waals surface area (Å²) in [6, 6.07) is 10.2. The molecule has 0 heterocycles. The van der Waals surface area contributed by atoms with Gasteiger partial charge in [0.15, 0.2) is 0 Å². The van der Waals surface area contributed by atoms with Crippen LogP contribution in [0.15, 0.2) is 57.2 Å². The van der Waals surface area contributed by atoms with Crippen molar-refractivity contribution in [1.82, 2.24) is 0 Å². The predicted molar refractivity (Wildman–Crippen MR) is 78.3 cm³/mol. The minimum Gasteiger partial charge on any atom is -0.299 e. The first-order valence-corrected chi connectivity index (χ1v) is 7.48. The molecule has 90 valence electrons. The second-order valence-electron chi connectivity index (χ2n) is 3.26. The summed E-state index contributed by atoms with van der Waals surface area (Å²) in [7, 11) is 0. The molecule has 0 atom stereocenters. The summed E-state index contributed by atoms with van der Waals surface area (Å²) in [4.78, 5) is 14.0. The second kappa shape index (κ2) is 8.20. The van der Waals surface area contributed by atoms with Crippen LogP contribution in [-0.4, -0.2) is 12.5 Å². The van der Waals surface area contributed by atoms with E-state index in [0.717, 1.165) is 22.5 Å². The number of benzene rings is 1. The SMILES string of the molecule is CC/C=C(Sc1ccccc1)/C(=C/C=O)SC. The first-order valence-electron chi connectivity index (χ1n) is 5.44. The zero-order chi connectivity index (χ0) is 12.5. The average Bonchev–Trinajstić information content (AvgIpc) is 2.37. The van der Waals surface area contributed by atoms with Gasteiger partial charge in [0.25, 0.3) is 0 Å². The van der Waals surface area contributed by atoms with Gasteiger partial charge in [0.1, 0.15) is 6.29 Å². The molecule has 0 aliphatic carbocycles. The Balaban J connectivity index is 2.91. The highest BCUT2D eigenvalue weighted by atomic mass is 32.2. The molecule has 0 bridgehead atoms.